The molecule has 38 heavy (non-hydrogen) atoms. The molecule has 0 aromatic heterocycles. The quantitative estimate of drug-likeness (QED) is 0.420. The minimum Gasteiger partial charge on any atom is -0.456 e. The fourth-order valence-electron chi connectivity index (χ4n) is 5.26. The highest BCUT2D eigenvalue weighted by molar-refractivity contribution is 6.03. The molecule has 0 saturated carbocycles. The van der Waals surface area contributed by atoms with Crippen LogP contribution >= 0.6 is 0 Å². The number of esters is 1. The van der Waals surface area contributed by atoms with Crippen LogP contribution in [0.3, 0.4) is 0 Å². The van der Waals surface area contributed by atoms with Gasteiger partial charge >= 0.3 is 5.97 Å². The predicted molar refractivity (Wildman–Crippen MR) is 150 cm³/mol. The van der Waals surface area contributed by atoms with Crippen molar-refractivity contribution >= 4 is 23.3 Å². The molecule has 0 radical (unpaired) electrons. The number of ether oxygens (including phenoxy) is 3. The van der Waals surface area contributed by atoms with Gasteiger partial charge < -0.3 is 24.0 Å². The molecule has 2 saturated heterocycles. The Labute approximate surface area is 227 Å². The number of rotatable bonds is 8. The predicted octanol–water partition coefficient (Wildman–Crippen LogP) is 5.61. The topological polar surface area (TPSA) is 68.3 Å². The molecule has 1 amide bonds. The van der Waals surface area contributed by atoms with Crippen molar-refractivity contribution in [2.24, 2.45) is 5.92 Å². The Morgan fingerprint density at radius 3 is 2.32 bits per heavy atom. The van der Waals surface area contributed by atoms with E-state index in [0.717, 1.165) is 51.1 Å². The third-order valence-electron chi connectivity index (χ3n) is 7.20. The molecule has 0 aliphatic carbocycles. The summed E-state index contributed by atoms with van der Waals surface area (Å²) in [4.78, 5) is 30.3. The van der Waals surface area contributed by atoms with E-state index in [9.17, 15) is 9.59 Å². The van der Waals surface area contributed by atoms with Gasteiger partial charge in [0.25, 0.3) is 0 Å². The van der Waals surface area contributed by atoms with Crippen LogP contribution in [0.15, 0.2) is 48.5 Å². The van der Waals surface area contributed by atoms with Crippen molar-refractivity contribution in [3.8, 4) is 0 Å². The van der Waals surface area contributed by atoms with E-state index in [1.165, 1.54) is 5.56 Å². The maximum absolute atomic E-state index is 13.2. The summed E-state index contributed by atoms with van der Waals surface area (Å²) in [6, 6.07) is 16.1. The van der Waals surface area contributed by atoms with Crippen molar-refractivity contribution < 1.29 is 23.8 Å². The Morgan fingerprint density at radius 2 is 1.68 bits per heavy atom. The summed E-state index contributed by atoms with van der Waals surface area (Å²) < 4.78 is 17.3. The second kappa shape index (κ2) is 12.8. The molecule has 2 aliphatic heterocycles. The number of benzene rings is 2. The van der Waals surface area contributed by atoms with Crippen LogP contribution in [-0.4, -0.2) is 56.4 Å². The van der Waals surface area contributed by atoms with Gasteiger partial charge in [0.1, 0.15) is 5.60 Å². The highest BCUT2D eigenvalue weighted by Gasteiger charge is 2.31. The summed E-state index contributed by atoms with van der Waals surface area (Å²) >= 11 is 0. The molecule has 0 N–H and O–H groups in total. The average Bonchev–Trinajstić information content (AvgIpc) is 2.89. The number of hydrogen-bond donors (Lipinski definition) is 0. The highest BCUT2D eigenvalue weighted by Crippen LogP contribution is 2.34. The first-order valence-electron chi connectivity index (χ1n) is 13.8. The first kappa shape index (κ1) is 28.1. The van der Waals surface area contributed by atoms with Gasteiger partial charge in [0.05, 0.1) is 17.9 Å². The second-order valence-electron chi connectivity index (χ2n) is 11.4. The number of carbonyl (C=O) groups is 2. The molecule has 7 heteroatoms. The third kappa shape index (κ3) is 7.58. The van der Waals surface area contributed by atoms with Gasteiger partial charge in [-0.05, 0) is 76.1 Å². The maximum atomic E-state index is 13.2. The molecule has 0 atom stereocenters. The van der Waals surface area contributed by atoms with Gasteiger partial charge in [0, 0.05) is 51.6 Å². The maximum Gasteiger partial charge on any atom is 0.340 e. The van der Waals surface area contributed by atoms with Crippen LogP contribution in [0.1, 0.15) is 69.3 Å². The van der Waals surface area contributed by atoms with Gasteiger partial charge in [-0.1, -0.05) is 30.3 Å². The van der Waals surface area contributed by atoms with E-state index in [1.807, 2.05) is 57.2 Å². The minimum absolute atomic E-state index is 0.00909. The first-order valence-corrected chi connectivity index (χ1v) is 13.8. The molecule has 206 valence electrons. The van der Waals surface area contributed by atoms with Gasteiger partial charge in [-0.3, -0.25) is 4.79 Å². The van der Waals surface area contributed by atoms with E-state index in [0.29, 0.717) is 37.0 Å². The Kier molecular flexibility index (Phi) is 9.44. The minimum atomic E-state index is -0.628. The molecule has 4 rings (SSSR count). The first-order chi connectivity index (χ1) is 18.2. The van der Waals surface area contributed by atoms with Crippen molar-refractivity contribution in [3.05, 3.63) is 59.7 Å². The normalized spacial score (nSPS) is 17.3. The van der Waals surface area contributed by atoms with Gasteiger partial charge in [0.2, 0.25) is 5.91 Å². The monoisotopic (exact) mass is 522 g/mol. The smallest absolute Gasteiger partial charge is 0.340 e. The summed E-state index contributed by atoms with van der Waals surface area (Å²) in [5.74, 6) is 0.0335. The number of anilines is 2. The lowest BCUT2D eigenvalue weighted by Crippen LogP contribution is -2.43. The molecule has 2 fully saturated rings. The van der Waals surface area contributed by atoms with Gasteiger partial charge in [-0.2, -0.15) is 0 Å². The van der Waals surface area contributed by atoms with E-state index < -0.39 is 11.6 Å². The molecule has 2 aromatic carbocycles. The Bertz CT molecular complexity index is 1070. The standard InChI is InChI=1S/C31H42N2O5/c1-23(34)33(26-14-18-36-19-15-26)29-20-27(10-11-28(29)30(35)38-31(2,3)4)32-16-12-25(13-17-32)22-37-21-24-8-6-5-7-9-24/h5-11,20,25-26H,12-19,21-22H2,1-4H3. The van der Waals surface area contributed by atoms with Crippen molar-refractivity contribution in [2.45, 2.75) is 71.6 Å². The molecule has 0 spiro atoms. The molecule has 2 aliphatic rings. The lowest BCUT2D eigenvalue weighted by Gasteiger charge is -2.37. The Balaban J connectivity index is 1.48. The summed E-state index contributed by atoms with van der Waals surface area (Å²) in [6.07, 6.45) is 3.56. The van der Waals surface area contributed by atoms with Gasteiger partial charge in [-0.25, -0.2) is 4.79 Å². The molecular formula is C31H42N2O5. The van der Waals surface area contributed by atoms with E-state index in [4.69, 9.17) is 14.2 Å². The number of carbonyl (C=O) groups excluding carboxylic acids is 2. The fourth-order valence-corrected chi connectivity index (χ4v) is 5.26. The van der Waals surface area contributed by atoms with Gasteiger partial charge in [0.15, 0.2) is 0 Å². The Hall–Kier alpha value is -2.90. The number of nitrogens with zero attached hydrogens (tertiary/aromatic N) is 2. The molecule has 2 aromatic rings. The fraction of sp³-hybridized carbons (Fsp3) is 0.548. The van der Waals surface area contributed by atoms with Crippen LogP contribution in [0, 0.1) is 5.92 Å². The molecule has 0 unspecified atom stereocenters. The SMILES string of the molecule is CC(=O)N(c1cc(N2CCC(COCc3ccccc3)CC2)ccc1C(=O)OC(C)(C)C)C1CCOCC1. The van der Waals surface area contributed by atoms with Crippen molar-refractivity contribution in [1.29, 1.82) is 0 Å². The van der Waals surface area contributed by atoms with Crippen molar-refractivity contribution in [2.75, 3.05) is 42.7 Å². The average molecular weight is 523 g/mol. The van der Waals surface area contributed by atoms with Crippen LogP contribution in [0.5, 0.6) is 0 Å². The lowest BCUT2D eigenvalue weighted by atomic mass is 9.96. The zero-order valence-electron chi connectivity index (χ0n) is 23.3. The summed E-state index contributed by atoms with van der Waals surface area (Å²) in [6.45, 7) is 11.6. The lowest BCUT2D eigenvalue weighted by molar-refractivity contribution is -0.117. The second-order valence-corrected chi connectivity index (χ2v) is 11.4. The van der Waals surface area contributed by atoms with Gasteiger partial charge in [-0.15, -0.1) is 0 Å². The number of hydrogen-bond acceptors (Lipinski definition) is 6. The Morgan fingerprint density at radius 1 is 1.00 bits per heavy atom. The summed E-state index contributed by atoms with van der Waals surface area (Å²) in [7, 11) is 0. The molecule has 0 bridgehead atoms. The third-order valence-corrected chi connectivity index (χ3v) is 7.20. The van der Waals surface area contributed by atoms with E-state index in [2.05, 4.69) is 17.0 Å². The largest absolute Gasteiger partial charge is 0.456 e. The molecule has 7 nitrogen and oxygen atoms in total. The van der Waals surface area contributed by atoms with Crippen LogP contribution in [-0.2, 0) is 25.6 Å². The van der Waals surface area contributed by atoms with E-state index in [1.54, 1.807) is 11.8 Å². The van der Waals surface area contributed by atoms with Crippen LogP contribution < -0.4 is 9.80 Å². The molecular weight excluding hydrogens is 480 g/mol. The zero-order valence-corrected chi connectivity index (χ0v) is 23.3. The van der Waals surface area contributed by atoms with Crippen molar-refractivity contribution in [1.82, 2.24) is 0 Å². The number of amides is 1. The van der Waals surface area contributed by atoms with Crippen molar-refractivity contribution in [3.63, 3.8) is 0 Å². The van der Waals surface area contributed by atoms with Crippen LogP contribution in [0.2, 0.25) is 0 Å². The molecule has 2 heterocycles. The van der Waals surface area contributed by atoms with E-state index >= 15 is 0 Å². The van der Waals surface area contributed by atoms with Crippen LogP contribution in [0.25, 0.3) is 0 Å². The summed E-state index contributed by atoms with van der Waals surface area (Å²) in [5.41, 5.74) is 2.65. The zero-order chi connectivity index (χ0) is 27.1. The van der Waals surface area contributed by atoms with E-state index in [-0.39, 0.29) is 11.9 Å². The number of piperidine rings is 1. The highest BCUT2D eigenvalue weighted by atomic mass is 16.6. The summed E-state index contributed by atoms with van der Waals surface area (Å²) in [5, 5.41) is 0. The van der Waals surface area contributed by atoms with Crippen LogP contribution in [0.4, 0.5) is 11.4 Å².